The lowest BCUT2D eigenvalue weighted by molar-refractivity contribution is 0.840. The first-order valence-corrected chi connectivity index (χ1v) is 9.10. The molecule has 0 saturated heterocycles. The third-order valence-electron chi connectivity index (χ3n) is 3.87. The van der Waals surface area contributed by atoms with Crippen LogP contribution in [-0.2, 0) is 6.42 Å². The molecule has 0 radical (unpaired) electrons. The summed E-state index contributed by atoms with van der Waals surface area (Å²) in [6.07, 6.45) is 0.669. The summed E-state index contributed by atoms with van der Waals surface area (Å²) in [5.41, 5.74) is 2.43. The van der Waals surface area contributed by atoms with Gasteiger partial charge in [-0.05, 0) is 41.6 Å². The molecule has 4 rings (SSSR count). The van der Waals surface area contributed by atoms with Crippen molar-refractivity contribution in [1.82, 2.24) is 25.0 Å². The fourth-order valence-corrected chi connectivity index (χ4v) is 3.41. The highest BCUT2D eigenvalue weighted by Crippen LogP contribution is 2.28. The first-order chi connectivity index (χ1) is 13.3. The monoisotopic (exact) mass is 370 g/mol. The Bertz CT molecular complexity index is 1070. The van der Waals surface area contributed by atoms with Crippen molar-refractivity contribution in [2.24, 2.45) is 0 Å². The molecule has 2 aromatic heterocycles. The van der Waals surface area contributed by atoms with Gasteiger partial charge in [-0.15, -0.1) is 20.4 Å². The van der Waals surface area contributed by atoms with Gasteiger partial charge in [0.2, 0.25) is 5.16 Å². The number of aromatic nitrogens is 5. The van der Waals surface area contributed by atoms with Crippen molar-refractivity contribution in [3.8, 4) is 11.8 Å². The van der Waals surface area contributed by atoms with Crippen molar-refractivity contribution >= 4 is 11.8 Å². The summed E-state index contributed by atoms with van der Waals surface area (Å²) < 4.78 is 2.03. The van der Waals surface area contributed by atoms with Gasteiger partial charge in [0.1, 0.15) is 16.9 Å². The smallest absolute Gasteiger partial charge is 0.202 e. The van der Waals surface area contributed by atoms with Crippen LogP contribution >= 0.6 is 11.8 Å². The number of para-hydroxylation sites is 1. The molecule has 0 unspecified atom stereocenters. The fourth-order valence-electron chi connectivity index (χ4n) is 2.62. The second-order valence-corrected chi connectivity index (χ2v) is 6.69. The Morgan fingerprint density at radius 3 is 2.22 bits per heavy atom. The first-order valence-electron chi connectivity index (χ1n) is 8.29. The lowest BCUT2D eigenvalue weighted by Crippen LogP contribution is -2.03. The zero-order valence-corrected chi connectivity index (χ0v) is 15.0. The maximum absolute atomic E-state index is 8.87. The summed E-state index contributed by atoms with van der Waals surface area (Å²) in [4.78, 5) is 0. The molecule has 0 atom stereocenters. The summed E-state index contributed by atoms with van der Waals surface area (Å²) in [7, 11) is 0. The number of benzene rings is 2. The molecule has 0 amide bonds. The molecule has 0 fully saturated rings. The van der Waals surface area contributed by atoms with Gasteiger partial charge in [0.25, 0.3) is 0 Å². The van der Waals surface area contributed by atoms with Crippen LogP contribution in [0.2, 0.25) is 0 Å². The van der Waals surface area contributed by atoms with Crippen LogP contribution in [-0.4, -0.2) is 25.0 Å². The minimum absolute atomic E-state index is 0.286. The molecule has 7 heteroatoms. The Kier molecular flexibility index (Phi) is 4.90. The number of hydrogen-bond acceptors (Lipinski definition) is 6. The van der Waals surface area contributed by atoms with Gasteiger partial charge < -0.3 is 0 Å². The van der Waals surface area contributed by atoms with Crippen LogP contribution in [0.25, 0.3) is 5.69 Å². The van der Waals surface area contributed by atoms with Crippen LogP contribution in [0.4, 0.5) is 0 Å². The van der Waals surface area contributed by atoms with Crippen LogP contribution in [0.3, 0.4) is 0 Å². The highest BCUT2D eigenvalue weighted by molar-refractivity contribution is 7.99. The molecule has 0 aliphatic heterocycles. The molecular weight excluding hydrogens is 356 g/mol. The van der Waals surface area contributed by atoms with Crippen molar-refractivity contribution in [1.29, 1.82) is 5.26 Å². The van der Waals surface area contributed by atoms with E-state index in [0.29, 0.717) is 16.6 Å². The number of hydrogen-bond donors (Lipinski definition) is 0. The zero-order chi connectivity index (χ0) is 18.5. The van der Waals surface area contributed by atoms with Gasteiger partial charge in [0.15, 0.2) is 5.69 Å². The van der Waals surface area contributed by atoms with Gasteiger partial charge in [-0.3, -0.25) is 4.57 Å². The van der Waals surface area contributed by atoms with Crippen LogP contribution in [0, 0.1) is 11.3 Å². The van der Waals surface area contributed by atoms with E-state index in [9.17, 15) is 0 Å². The molecule has 27 heavy (non-hydrogen) atoms. The molecule has 4 aromatic rings. The Morgan fingerprint density at radius 2 is 1.56 bits per heavy atom. The molecule has 0 aliphatic rings. The highest BCUT2D eigenvalue weighted by Gasteiger charge is 2.16. The second-order valence-electron chi connectivity index (χ2n) is 5.70. The van der Waals surface area contributed by atoms with E-state index in [4.69, 9.17) is 5.26 Å². The third-order valence-corrected chi connectivity index (χ3v) is 4.74. The number of rotatable bonds is 5. The van der Waals surface area contributed by atoms with Crippen LogP contribution in [0.5, 0.6) is 0 Å². The topological polar surface area (TPSA) is 80.3 Å². The first kappa shape index (κ1) is 16.9. The molecule has 0 aliphatic carbocycles. The van der Waals surface area contributed by atoms with Gasteiger partial charge in [-0.25, -0.2) is 0 Å². The average molecular weight is 370 g/mol. The van der Waals surface area contributed by atoms with Gasteiger partial charge in [-0.1, -0.05) is 48.5 Å². The van der Waals surface area contributed by atoms with E-state index in [0.717, 1.165) is 17.1 Å². The van der Waals surface area contributed by atoms with E-state index in [-0.39, 0.29) is 5.69 Å². The van der Waals surface area contributed by atoms with Gasteiger partial charge in [0.05, 0.1) is 0 Å². The minimum atomic E-state index is 0.286. The molecule has 0 spiro atoms. The summed E-state index contributed by atoms with van der Waals surface area (Å²) in [5, 5.41) is 27.0. The van der Waals surface area contributed by atoms with Crippen molar-refractivity contribution in [3.05, 3.63) is 89.9 Å². The average Bonchev–Trinajstić information content (AvgIpc) is 3.12. The molecule has 6 nitrogen and oxygen atoms in total. The molecule has 2 heterocycles. The minimum Gasteiger partial charge on any atom is -0.273 e. The Labute approximate surface area is 160 Å². The second kappa shape index (κ2) is 7.81. The van der Waals surface area contributed by atoms with E-state index in [2.05, 4.69) is 32.5 Å². The SMILES string of the molecule is N#Cc1ccc(Sc2nnc(Cc3ccccc3)n2-c2ccccc2)nn1. The number of nitrogens with zero attached hydrogens (tertiary/aromatic N) is 6. The molecule has 0 N–H and O–H groups in total. The Hall–Kier alpha value is -3.50. The Morgan fingerprint density at radius 1 is 0.815 bits per heavy atom. The molecule has 0 bridgehead atoms. The van der Waals surface area contributed by atoms with E-state index in [1.165, 1.54) is 11.8 Å². The normalized spacial score (nSPS) is 10.5. The van der Waals surface area contributed by atoms with Crippen molar-refractivity contribution in [2.45, 2.75) is 16.6 Å². The van der Waals surface area contributed by atoms with Crippen LogP contribution in [0.15, 0.2) is 83.0 Å². The Balaban J connectivity index is 1.71. The molecule has 2 aromatic carbocycles. The highest BCUT2D eigenvalue weighted by atomic mass is 32.2. The lowest BCUT2D eigenvalue weighted by Gasteiger charge is -2.10. The van der Waals surface area contributed by atoms with Crippen molar-refractivity contribution < 1.29 is 0 Å². The van der Waals surface area contributed by atoms with Crippen LogP contribution in [0.1, 0.15) is 17.1 Å². The van der Waals surface area contributed by atoms with E-state index < -0.39 is 0 Å². The van der Waals surface area contributed by atoms with Gasteiger partial charge >= 0.3 is 0 Å². The van der Waals surface area contributed by atoms with E-state index in [1.54, 1.807) is 12.1 Å². The van der Waals surface area contributed by atoms with Crippen molar-refractivity contribution in [2.75, 3.05) is 0 Å². The standard InChI is InChI=1S/C20H14N6S/c21-14-16-11-12-19(24-22-16)27-20-25-23-18(13-15-7-3-1-4-8-15)26(20)17-9-5-2-6-10-17/h1-12H,13H2. The predicted molar refractivity (Wildman–Crippen MR) is 101 cm³/mol. The van der Waals surface area contributed by atoms with Crippen LogP contribution < -0.4 is 0 Å². The molecular formula is C20H14N6S. The summed E-state index contributed by atoms with van der Waals surface area (Å²) in [6.45, 7) is 0. The van der Waals surface area contributed by atoms with E-state index >= 15 is 0 Å². The largest absolute Gasteiger partial charge is 0.273 e. The molecule has 0 saturated carbocycles. The third kappa shape index (κ3) is 3.86. The quantitative estimate of drug-likeness (QED) is 0.533. The summed E-state index contributed by atoms with van der Waals surface area (Å²) >= 11 is 1.37. The maximum Gasteiger partial charge on any atom is 0.202 e. The summed E-state index contributed by atoms with van der Waals surface area (Å²) in [6, 6.07) is 25.5. The van der Waals surface area contributed by atoms with Gasteiger partial charge in [0, 0.05) is 12.1 Å². The lowest BCUT2D eigenvalue weighted by atomic mass is 10.1. The van der Waals surface area contributed by atoms with E-state index in [1.807, 2.05) is 59.2 Å². The van der Waals surface area contributed by atoms with Crippen molar-refractivity contribution in [3.63, 3.8) is 0 Å². The number of nitriles is 1. The predicted octanol–water partition coefficient (Wildman–Crippen LogP) is 3.67. The van der Waals surface area contributed by atoms with Gasteiger partial charge in [-0.2, -0.15) is 5.26 Å². The maximum atomic E-state index is 8.87. The molecule has 130 valence electrons. The zero-order valence-electron chi connectivity index (χ0n) is 14.2. The fraction of sp³-hybridized carbons (Fsp3) is 0.0500. The summed E-state index contributed by atoms with van der Waals surface area (Å²) in [5.74, 6) is 0.844.